The summed E-state index contributed by atoms with van der Waals surface area (Å²) in [5.41, 5.74) is 6.16. The SMILES string of the molecule is [C-]#[N+]c1cn([C@@H]2O[C@H](CO)[C@@H](O)[C@H]2OC)c2nc(N)nc(Cl)c12. The molecule has 4 N–H and O–H groups in total. The van der Waals surface area contributed by atoms with Crippen LogP contribution in [0.2, 0.25) is 5.15 Å². The molecule has 9 nitrogen and oxygen atoms in total. The van der Waals surface area contributed by atoms with Gasteiger partial charge in [-0.3, -0.25) is 0 Å². The van der Waals surface area contributed by atoms with Gasteiger partial charge in [-0.15, -0.1) is 0 Å². The highest BCUT2D eigenvalue weighted by Crippen LogP contribution is 2.39. The summed E-state index contributed by atoms with van der Waals surface area (Å²) < 4.78 is 12.4. The quantitative estimate of drug-likeness (QED) is 0.549. The Bertz CT molecular complexity index is 789. The van der Waals surface area contributed by atoms with Crippen LogP contribution in [-0.4, -0.2) is 56.8 Å². The summed E-state index contributed by atoms with van der Waals surface area (Å²) in [5, 5.41) is 19.9. The fourth-order valence-electron chi connectivity index (χ4n) is 2.73. The van der Waals surface area contributed by atoms with Gasteiger partial charge >= 0.3 is 0 Å². The lowest BCUT2D eigenvalue weighted by Crippen LogP contribution is -2.34. The molecular formula is C13H14ClN5O4. The lowest BCUT2D eigenvalue weighted by atomic mass is 10.1. The number of nitrogens with two attached hydrogens (primary N) is 1. The predicted molar refractivity (Wildman–Crippen MR) is 81.0 cm³/mol. The molecule has 2 aromatic rings. The van der Waals surface area contributed by atoms with E-state index < -0.39 is 24.5 Å². The molecule has 3 rings (SSSR count). The normalized spacial score (nSPS) is 27.4. The second kappa shape index (κ2) is 5.92. The molecule has 0 aromatic carbocycles. The van der Waals surface area contributed by atoms with Crippen LogP contribution in [0.3, 0.4) is 0 Å². The number of rotatable bonds is 3. The van der Waals surface area contributed by atoms with Gasteiger partial charge in [0.1, 0.15) is 29.1 Å². The first-order chi connectivity index (χ1) is 11.0. The highest BCUT2D eigenvalue weighted by molar-refractivity contribution is 6.35. The smallest absolute Gasteiger partial charge is 0.223 e. The van der Waals surface area contributed by atoms with Gasteiger partial charge in [0.2, 0.25) is 11.6 Å². The molecule has 122 valence electrons. The molecular weight excluding hydrogens is 326 g/mol. The summed E-state index contributed by atoms with van der Waals surface area (Å²) in [6.07, 6.45) is -1.90. The molecule has 4 atom stereocenters. The first-order valence-corrected chi connectivity index (χ1v) is 7.07. The van der Waals surface area contributed by atoms with Crippen molar-refractivity contribution in [2.24, 2.45) is 0 Å². The highest BCUT2D eigenvalue weighted by atomic mass is 35.5. The van der Waals surface area contributed by atoms with Crippen molar-refractivity contribution in [3.05, 3.63) is 22.8 Å². The maximum Gasteiger partial charge on any atom is 0.223 e. The Morgan fingerprint density at radius 2 is 2.30 bits per heavy atom. The number of aromatic nitrogens is 3. The molecule has 1 fully saturated rings. The van der Waals surface area contributed by atoms with Gasteiger partial charge in [-0.05, 0) is 0 Å². The van der Waals surface area contributed by atoms with E-state index in [9.17, 15) is 10.2 Å². The van der Waals surface area contributed by atoms with Crippen molar-refractivity contribution in [3.63, 3.8) is 0 Å². The summed E-state index contributed by atoms with van der Waals surface area (Å²) >= 11 is 6.07. The Kier molecular flexibility index (Phi) is 4.09. The molecule has 0 unspecified atom stereocenters. The van der Waals surface area contributed by atoms with E-state index in [1.807, 2.05) is 0 Å². The zero-order chi connectivity index (χ0) is 16.7. The summed E-state index contributed by atoms with van der Waals surface area (Å²) in [5.74, 6) is -0.0513. The van der Waals surface area contributed by atoms with Gasteiger partial charge in [-0.1, -0.05) is 11.6 Å². The fourth-order valence-corrected chi connectivity index (χ4v) is 3.00. The standard InChI is InChI=1S/C13H14ClN5O4/c1-16-5-3-19(11-7(5)10(14)17-13(15)18-11)12-9(22-2)8(21)6(4-20)23-12/h3,6,8-9,12,20-21H,4H2,2H3,(H2,15,17,18)/t6-,8-,9-,12-/m1/s1. The molecule has 10 heteroatoms. The third kappa shape index (κ3) is 2.41. The van der Waals surface area contributed by atoms with Crippen LogP contribution in [0.5, 0.6) is 0 Å². The number of nitrogen functional groups attached to an aromatic ring is 1. The molecule has 1 aliphatic rings. The zero-order valence-electron chi connectivity index (χ0n) is 12.0. The highest BCUT2D eigenvalue weighted by Gasteiger charge is 2.45. The number of methoxy groups -OCH3 is 1. The van der Waals surface area contributed by atoms with Gasteiger partial charge in [0.15, 0.2) is 6.23 Å². The van der Waals surface area contributed by atoms with Crippen molar-refractivity contribution >= 4 is 34.3 Å². The van der Waals surface area contributed by atoms with Crippen molar-refractivity contribution in [2.45, 2.75) is 24.5 Å². The second-order valence-electron chi connectivity index (χ2n) is 5.04. The average Bonchev–Trinajstić information content (AvgIpc) is 3.04. The average molecular weight is 340 g/mol. The zero-order valence-corrected chi connectivity index (χ0v) is 12.8. The van der Waals surface area contributed by atoms with Gasteiger partial charge in [-0.25, -0.2) is 9.83 Å². The third-order valence-corrected chi connectivity index (χ3v) is 4.06. The lowest BCUT2D eigenvalue weighted by molar-refractivity contribution is -0.0580. The van der Waals surface area contributed by atoms with Gasteiger partial charge in [0.05, 0.1) is 18.6 Å². The summed E-state index contributed by atoms with van der Waals surface area (Å²) in [6.45, 7) is 6.90. The molecule has 1 aliphatic heterocycles. The van der Waals surface area contributed by atoms with E-state index in [0.29, 0.717) is 11.0 Å². The number of halogens is 1. The molecule has 3 heterocycles. The second-order valence-corrected chi connectivity index (χ2v) is 5.40. The topological polar surface area (TPSA) is 120 Å². The number of nitrogens with zero attached hydrogens (tertiary/aromatic N) is 4. The Morgan fingerprint density at radius 1 is 1.57 bits per heavy atom. The van der Waals surface area contributed by atoms with Gasteiger partial charge < -0.3 is 30.0 Å². The van der Waals surface area contributed by atoms with Gasteiger partial charge in [0, 0.05) is 13.3 Å². The van der Waals surface area contributed by atoms with Crippen LogP contribution in [-0.2, 0) is 9.47 Å². The minimum absolute atomic E-state index is 0.0513. The Labute approximate surface area is 136 Å². The van der Waals surface area contributed by atoms with Crippen LogP contribution in [0.15, 0.2) is 6.20 Å². The van der Waals surface area contributed by atoms with E-state index in [2.05, 4.69) is 14.8 Å². The van der Waals surface area contributed by atoms with E-state index in [4.69, 9.17) is 33.4 Å². The first kappa shape index (κ1) is 15.9. The lowest BCUT2D eigenvalue weighted by Gasteiger charge is -2.20. The number of ether oxygens (including phenoxy) is 2. The molecule has 0 aliphatic carbocycles. The van der Waals surface area contributed by atoms with Crippen LogP contribution >= 0.6 is 11.6 Å². The maximum absolute atomic E-state index is 10.2. The maximum atomic E-state index is 10.2. The molecule has 0 spiro atoms. The van der Waals surface area contributed by atoms with E-state index >= 15 is 0 Å². The molecule has 0 bridgehead atoms. The Balaban J connectivity index is 2.19. The predicted octanol–water partition coefficient (Wildman–Crippen LogP) is 0.483. The Morgan fingerprint density at radius 3 is 2.91 bits per heavy atom. The number of hydrogen-bond donors (Lipinski definition) is 3. The van der Waals surface area contributed by atoms with E-state index in [1.165, 1.54) is 17.9 Å². The van der Waals surface area contributed by atoms with Crippen LogP contribution in [0.25, 0.3) is 15.9 Å². The minimum Gasteiger partial charge on any atom is -0.394 e. The largest absolute Gasteiger partial charge is 0.394 e. The number of fused-ring (bicyclic) bond motifs is 1. The molecule has 2 aromatic heterocycles. The van der Waals surface area contributed by atoms with Crippen LogP contribution in [0.4, 0.5) is 11.6 Å². The van der Waals surface area contributed by atoms with Gasteiger partial charge in [0.25, 0.3) is 0 Å². The van der Waals surface area contributed by atoms with Crippen molar-refractivity contribution in [1.29, 1.82) is 0 Å². The van der Waals surface area contributed by atoms with Gasteiger partial charge in [-0.2, -0.15) is 4.98 Å². The van der Waals surface area contributed by atoms with Crippen LogP contribution in [0, 0.1) is 6.57 Å². The van der Waals surface area contributed by atoms with E-state index in [0.717, 1.165) is 0 Å². The third-order valence-electron chi connectivity index (χ3n) is 3.78. The van der Waals surface area contributed by atoms with Crippen molar-refractivity contribution in [1.82, 2.24) is 14.5 Å². The minimum atomic E-state index is -1.03. The number of hydrogen-bond acceptors (Lipinski definition) is 7. The molecule has 1 saturated heterocycles. The van der Waals surface area contributed by atoms with Crippen molar-refractivity contribution in [2.75, 3.05) is 19.5 Å². The number of anilines is 1. The molecule has 23 heavy (non-hydrogen) atoms. The van der Waals surface area contributed by atoms with E-state index in [-0.39, 0.29) is 23.4 Å². The first-order valence-electron chi connectivity index (χ1n) is 6.70. The molecule has 0 saturated carbocycles. The monoisotopic (exact) mass is 339 g/mol. The number of aliphatic hydroxyl groups excluding tert-OH is 2. The van der Waals surface area contributed by atoms with Crippen molar-refractivity contribution in [3.8, 4) is 0 Å². The van der Waals surface area contributed by atoms with Crippen molar-refractivity contribution < 1.29 is 19.7 Å². The number of aliphatic hydroxyl groups is 2. The summed E-state index contributed by atoms with van der Waals surface area (Å²) in [4.78, 5) is 11.4. The Hall–Kier alpha value is -1.96. The summed E-state index contributed by atoms with van der Waals surface area (Å²) in [7, 11) is 1.42. The van der Waals surface area contributed by atoms with Crippen LogP contribution in [0.1, 0.15) is 6.23 Å². The molecule has 0 amide bonds. The summed E-state index contributed by atoms with van der Waals surface area (Å²) in [6, 6.07) is 0. The van der Waals surface area contributed by atoms with Crippen LogP contribution < -0.4 is 5.73 Å². The van der Waals surface area contributed by atoms with E-state index in [1.54, 1.807) is 0 Å². The fraction of sp³-hybridized carbons (Fsp3) is 0.462. The molecule has 0 radical (unpaired) electrons.